The van der Waals surface area contributed by atoms with Crippen LogP contribution in [0.15, 0.2) is 24.4 Å². The van der Waals surface area contributed by atoms with E-state index >= 15 is 0 Å². The zero-order chi connectivity index (χ0) is 16.6. The van der Waals surface area contributed by atoms with Gasteiger partial charge in [-0.2, -0.15) is 0 Å². The molecule has 1 aromatic carbocycles. The van der Waals surface area contributed by atoms with Crippen LogP contribution >= 0.6 is 0 Å². The van der Waals surface area contributed by atoms with E-state index in [1.807, 2.05) is 44.3 Å². The van der Waals surface area contributed by atoms with Crippen molar-refractivity contribution in [2.24, 2.45) is 0 Å². The molecule has 0 radical (unpaired) electrons. The molecule has 0 bridgehead atoms. The maximum absolute atomic E-state index is 12.2. The molecule has 0 saturated carbocycles. The van der Waals surface area contributed by atoms with Crippen molar-refractivity contribution >= 4 is 29.2 Å². The number of anilines is 1. The molecule has 0 saturated heterocycles. The van der Waals surface area contributed by atoms with Gasteiger partial charge in [0.05, 0.1) is 5.57 Å². The molecule has 2 aromatic rings. The zero-order valence-corrected chi connectivity index (χ0v) is 13.1. The average molecular weight is 310 g/mol. The highest BCUT2D eigenvalue weighted by molar-refractivity contribution is 6.34. The molecule has 5 heteroatoms. The molecule has 3 N–H and O–H groups in total. The predicted molar refractivity (Wildman–Crippen MR) is 89.2 cm³/mol. The van der Waals surface area contributed by atoms with Crippen molar-refractivity contribution in [3.05, 3.63) is 52.3 Å². The van der Waals surface area contributed by atoms with Gasteiger partial charge < -0.3 is 15.4 Å². The molecular formula is C18H18N2O3. The molecule has 1 aliphatic heterocycles. The predicted octanol–water partition coefficient (Wildman–Crippen LogP) is 3.14. The number of aryl methyl sites for hydroxylation is 2. The Morgan fingerprint density at radius 3 is 2.83 bits per heavy atom. The van der Waals surface area contributed by atoms with Gasteiger partial charge in [0.25, 0.3) is 5.91 Å². The van der Waals surface area contributed by atoms with Crippen molar-refractivity contribution < 1.29 is 14.7 Å². The van der Waals surface area contributed by atoms with Gasteiger partial charge in [-0.3, -0.25) is 9.59 Å². The number of nitrogens with one attached hydrogen (secondary N) is 2. The summed E-state index contributed by atoms with van der Waals surface area (Å²) < 4.78 is 0. The number of benzene rings is 1. The molecule has 23 heavy (non-hydrogen) atoms. The highest BCUT2D eigenvalue weighted by Crippen LogP contribution is 2.34. The normalized spacial score (nSPS) is 14.9. The minimum absolute atomic E-state index is 0.0662. The van der Waals surface area contributed by atoms with Crippen molar-refractivity contribution in [3.8, 4) is 0 Å². The summed E-state index contributed by atoms with van der Waals surface area (Å²) >= 11 is 0. The number of carboxylic acid groups (broad SMARTS) is 1. The summed E-state index contributed by atoms with van der Waals surface area (Å²) in [6.07, 6.45) is 4.15. The van der Waals surface area contributed by atoms with Crippen LogP contribution in [0, 0.1) is 13.8 Å². The number of carbonyl (C=O) groups excluding carboxylic acids is 1. The number of aromatic nitrogens is 1. The van der Waals surface area contributed by atoms with E-state index in [1.54, 1.807) is 0 Å². The van der Waals surface area contributed by atoms with Crippen LogP contribution in [0.1, 0.15) is 34.4 Å². The van der Waals surface area contributed by atoms with Crippen molar-refractivity contribution in [2.45, 2.75) is 26.7 Å². The topological polar surface area (TPSA) is 82.2 Å². The van der Waals surface area contributed by atoms with Gasteiger partial charge in [-0.1, -0.05) is 11.6 Å². The molecule has 1 amide bonds. The van der Waals surface area contributed by atoms with Gasteiger partial charge in [0.15, 0.2) is 0 Å². The Bertz CT molecular complexity index is 831. The summed E-state index contributed by atoms with van der Waals surface area (Å²) in [5.41, 5.74) is 6.11. The second kappa shape index (κ2) is 5.76. The highest BCUT2D eigenvalue weighted by Gasteiger charge is 2.24. The minimum atomic E-state index is -0.830. The number of rotatable bonds is 4. The molecule has 2 heterocycles. The number of amides is 1. The van der Waals surface area contributed by atoms with E-state index in [2.05, 4.69) is 10.3 Å². The number of carbonyl (C=O) groups is 2. The van der Waals surface area contributed by atoms with Crippen LogP contribution in [0.5, 0.6) is 0 Å². The lowest BCUT2D eigenvalue weighted by atomic mass is 10.0. The van der Waals surface area contributed by atoms with Crippen molar-refractivity contribution in [3.63, 3.8) is 0 Å². The first-order chi connectivity index (χ1) is 11.0. The largest absolute Gasteiger partial charge is 0.481 e. The fraction of sp³-hybridized carbons (Fsp3) is 0.222. The summed E-state index contributed by atoms with van der Waals surface area (Å²) in [5, 5.41) is 11.7. The minimum Gasteiger partial charge on any atom is -0.481 e. The fourth-order valence-corrected chi connectivity index (χ4v) is 2.85. The fourth-order valence-electron chi connectivity index (χ4n) is 2.85. The lowest BCUT2D eigenvalue weighted by Crippen LogP contribution is -2.04. The summed E-state index contributed by atoms with van der Waals surface area (Å²) in [4.78, 5) is 26.2. The molecule has 3 rings (SSSR count). The SMILES string of the molecule is Cc1ccc2c(c1)C(=Cc1[nH]cc(C)c1CCC(=O)O)C(=O)N2. The van der Waals surface area contributed by atoms with Crippen LogP contribution in [0.4, 0.5) is 5.69 Å². The second-order valence-corrected chi connectivity index (χ2v) is 5.82. The quantitative estimate of drug-likeness (QED) is 0.759. The van der Waals surface area contributed by atoms with E-state index < -0.39 is 5.97 Å². The number of H-pyrrole nitrogens is 1. The molecule has 0 unspecified atom stereocenters. The molecular weight excluding hydrogens is 292 g/mol. The molecule has 0 atom stereocenters. The van der Waals surface area contributed by atoms with Crippen LogP contribution < -0.4 is 5.32 Å². The van der Waals surface area contributed by atoms with Crippen molar-refractivity contribution in [1.82, 2.24) is 4.98 Å². The van der Waals surface area contributed by atoms with Gasteiger partial charge in [0.1, 0.15) is 0 Å². The van der Waals surface area contributed by atoms with Crippen LogP contribution in [0.2, 0.25) is 0 Å². The van der Waals surface area contributed by atoms with E-state index in [0.717, 1.165) is 33.6 Å². The smallest absolute Gasteiger partial charge is 0.303 e. The molecule has 0 aliphatic carbocycles. The molecule has 1 aromatic heterocycles. The van der Waals surface area contributed by atoms with Crippen LogP contribution in [-0.2, 0) is 16.0 Å². The van der Waals surface area contributed by atoms with E-state index in [4.69, 9.17) is 5.11 Å². The number of aromatic amines is 1. The molecule has 0 fully saturated rings. The Morgan fingerprint density at radius 2 is 2.09 bits per heavy atom. The molecule has 5 nitrogen and oxygen atoms in total. The monoisotopic (exact) mass is 310 g/mol. The standard InChI is InChI=1S/C18H18N2O3/c1-10-3-5-15-13(7-10)14(18(23)20-15)8-16-12(4-6-17(21)22)11(2)9-19-16/h3,5,7-9,19H,4,6H2,1-2H3,(H,20,23)(H,21,22). The first-order valence-electron chi connectivity index (χ1n) is 7.48. The maximum atomic E-state index is 12.2. The number of aliphatic carboxylic acids is 1. The Labute approximate surface area is 134 Å². The van der Waals surface area contributed by atoms with Crippen LogP contribution in [0.25, 0.3) is 11.6 Å². The van der Waals surface area contributed by atoms with Crippen LogP contribution in [0.3, 0.4) is 0 Å². The lowest BCUT2D eigenvalue weighted by molar-refractivity contribution is -0.137. The lowest BCUT2D eigenvalue weighted by Gasteiger charge is -2.03. The van der Waals surface area contributed by atoms with E-state index in [0.29, 0.717) is 12.0 Å². The second-order valence-electron chi connectivity index (χ2n) is 5.82. The van der Waals surface area contributed by atoms with Crippen molar-refractivity contribution in [1.29, 1.82) is 0 Å². The Balaban J connectivity index is 2.01. The van der Waals surface area contributed by atoms with E-state index in [9.17, 15) is 9.59 Å². The first kappa shape index (κ1) is 15.1. The van der Waals surface area contributed by atoms with E-state index in [1.165, 1.54) is 0 Å². The Hall–Kier alpha value is -2.82. The first-order valence-corrected chi connectivity index (χ1v) is 7.48. The number of hydrogen-bond donors (Lipinski definition) is 3. The summed E-state index contributed by atoms with van der Waals surface area (Å²) in [6.45, 7) is 3.92. The van der Waals surface area contributed by atoms with Gasteiger partial charge in [0.2, 0.25) is 0 Å². The molecule has 1 aliphatic rings. The van der Waals surface area contributed by atoms with Crippen molar-refractivity contribution in [2.75, 3.05) is 5.32 Å². The third-order valence-corrected chi connectivity index (χ3v) is 4.08. The maximum Gasteiger partial charge on any atom is 0.303 e. The number of carboxylic acids is 1. The third-order valence-electron chi connectivity index (χ3n) is 4.08. The molecule has 0 spiro atoms. The van der Waals surface area contributed by atoms with Gasteiger partial charge in [0, 0.05) is 29.6 Å². The Morgan fingerprint density at radius 1 is 1.30 bits per heavy atom. The van der Waals surface area contributed by atoms with Gasteiger partial charge >= 0.3 is 5.97 Å². The summed E-state index contributed by atoms with van der Waals surface area (Å²) in [6, 6.07) is 5.83. The zero-order valence-electron chi connectivity index (χ0n) is 13.1. The summed E-state index contributed by atoms with van der Waals surface area (Å²) in [5.74, 6) is -0.967. The van der Waals surface area contributed by atoms with Crippen LogP contribution in [-0.4, -0.2) is 22.0 Å². The van der Waals surface area contributed by atoms with Gasteiger partial charge in [-0.15, -0.1) is 0 Å². The summed E-state index contributed by atoms with van der Waals surface area (Å²) in [7, 11) is 0. The average Bonchev–Trinajstić information content (AvgIpc) is 2.99. The number of hydrogen-bond acceptors (Lipinski definition) is 2. The van der Waals surface area contributed by atoms with E-state index in [-0.39, 0.29) is 12.3 Å². The molecule has 118 valence electrons. The van der Waals surface area contributed by atoms with Gasteiger partial charge in [-0.05, 0) is 49.6 Å². The number of fused-ring (bicyclic) bond motifs is 1. The third kappa shape index (κ3) is 2.90. The Kier molecular flexibility index (Phi) is 3.78. The highest BCUT2D eigenvalue weighted by atomic mass is 16.4. The van der Waals surface area contributed by atoms with Gasteiger partial charge in [-0.25, -0.2) is 0 Å².